The molecule has 0 bridgehead atoms. The van der Waals surface area contributed by atoms with Crippen molar-refractivity contribution in [1.82, 2.24) is 9.73 Å². The number of hydrogen-bond donors (Lipinski definition) is 1. The molecular formula is C21H21N3O4S. The Bertz CT molecular complexity index is 1160. The third-order valence-corrected chi connectivity index (χ3v) is 6.09. The van der Waals surface area contributed by atoms with Crippen LogP contribution in [0.25, 0.3) is 10.8 Å². The van der Waals surface area contributed by atoms with Crippen LogP contribution >= 0.6 is 0 Å². The number of sulfonamides is 1. The molecule has 7 nitrogen and oxygen atoms in total. The van der Waals surface area contributed by atoms with E-state index in [0.29, 0.717) is 5.75 Å². The zero-order valence-corrected chi connectivity index (χ0v) is 16.9. The molecule has 0 aromatic heterocycles. The van der Waals surface area contributed by atoms with E-state index >= 15 is 0 Å². The molecule has 3 rings (SSSR count). The molecule has 0 atom stereocenters. The fourth-order valence-electron chi connectivity index (χ4n) is 2.73. The second-order valence-electron chi connectivity index (χ2n) is 6.34. The summed E-state index contributed by atoms with van der Waals surface area (Å²) < 4.78 is 31.7. The van der Waals surface area contributed by atoms with Gasteiger partial charge >= 0.3 is 0 Å². The molecule has 29 heavy (non-hydrogen) atoms. The standard InChI is InChI=1S/C21H21N3O4S/c1-24(15-21(25)23-22-14-16-6-5-9-19(12-16)28-2)29(26,27)20-11-10-17-7-3-4-8-18(17)13-20/h3-14H,15H2,1-2H3,(H,23,25). The van der Waals surface area contributed by atoms with Crippen molar-refractivity contribution < 1.29 is 17.9 Å². The van der Waals surface area contributed by atoms with Crippen LogP contribution in [0.2, 0.25) is 0 Å². The van der Waals surface area contributed by atoms with Gasteiger partial charge in [-0.15, -0.1) is 0 Å². The van der Waals surface area contributed by atoms with E-state index in [4.69, 9.17) is 4.74 Å². The van der Waals surface area contributed by atoms with Gasteiger partial charge in [0.2, 0.25) is 10.0 Å². The molecule has 3 aromatic rings. The minimum Gasteiger partial charge on any atom is -0.497 e. The average molecular weight is 411 g/mol. The number of nitrogens with one attached hydrogen (secondary N) is 1. The quantitative estimate of drug-likeness (QED) is 0.478. The predicted octanol–water partition coefficient (Wildman–Crippen LogP) is 2.62. The zero-order valence-electron chi connectivity index (χ0n) is 16.1. The first-order chi connectivity index (χ1) is 13.9. The predicted molar refractivity (Wildman–Crippen MR) is 112 cm³/mol. The molecule has 0 fully saturated rings. The molecule has 0 saturated heterocycles. The summed E-state index contributed by atoms with van der Waals surface area (Å²) in [6.45, 7) is -0.357. The Hall–Kier alpha value is -3.23. The van der Waals surface area contributed by atoms with Crippen LogP contribution in [-0.2, 0) is 14.8 Å². The fraction of sp³-hybridized carbons (Fsp3) is 0.143. The Balaban J connectivity index is 1.65. The van der Waals surface area contributed by atoms with E-state index in [2.05, 4.69) is 10.5 Å². The first-order valence-electron chi connectivity index (χ1n) is 8.81. The SMILES string of the molecule is COc1cccc(C=NNC(=O)CN(C)S(=O)(=O)c2ccc3ccccc3c2)c1. The van der Waals surface area contributed by atoms with Gasteiger partial charge in [0.05, 0.1) is 24.8 Å². The topological polar surface area (TPSA) is 88.1 Å². The van der Waals surface area contributed by atoms with Gasteiger partial charge in [0, 0.05) is 7.05 Å². The van der Waals surface area contributed by atoms with Crippen LogP contribution in [0, 0.1) is 0 Å². The number of amides is 1. The number of hydrogen-bond acceptors (Lipinski definition) is 5. The van der Waals surface area contributed by atoms with Crippen LogP contribution in [0.4, 0.5) is 0 Å². The third-order valence-electron chi connectivity index (χ3n) is 4.29. The maximum absolute atomic E-state index is 12.8. The first-order valence-corrected chi connectivity index (χ1v) is 10.3. The van der Waals surface area contributed by atoms with Crippen molar-refractivity contribution >= 4 is 32.9 Å². The smallest absolute Gasteiger partial charge is 0.255 e. The summed E-state index contributed by atoms with van der Waals surface area (Å²) in [7, 11) is -0.891. The summed E-state index contributed by atoms with van der Waals surface area (Å²) in [4.78, 5) is 12.2. The molecule has 1 amide bonds. The molecule has 0 saturated carbocycles. The van der Waals surface area contributed by atoms with E-state index in [1.54, 1.807) is 43.5 Å². The zero-order chi connectivity index (χ0) is 20.9. The highest BCUT2D eigenvalue weighted by molar-refractivity contribution is 7.89. The molecule has 0 aliphatic rings. The molecule has 1 N–H and O–H groups in total. The largest absolute Gasteiger partial charge is 0.497 e. The molecule has 0 radical (unpaired) electrons. The summed E-state index contributed by atoms with van der Waals surface area (Å²) in [6, 6.07) is 19.5. The second kappa shape index (κ2) is 8.85. The molecule has 0 aliphatic carbocycles. The van der Waals surface area contributed by atoms with E-state index in [0.717, 1.165) is 20.6 Å². The van der Waals surface area contributed by atoms with E-state index in [1.807, 2.05) is 24.3 Å². The summed E-state index contributed by atoms with van der Waals surface area (Å²) in [6.07, 6.45) is 1.46. The molecule has 3 aromatic carbocycles. The number of carbonyl (C=O) groups excluding carboxylic acids is 1. The molecule has 0 unspecified atom stereocenters. The van der Waals surface area contributed by atoms with E-state index < -0.39 is 15.9 Å². The number of methoxy groups -OCH3 is 1. The lowest BCUT2D eigenvalue weighted by molar-refractivity contribution is -0.121. The lowest BCUT2D eigenvalue weighted by Gasteiger charge is -2.16. The lowest BCUT2D eigenvalue weighted by atomic mass is 10.1. The van der Waals surface area contributed by atoms with Gasteiger partial charge in [0.1, 0.15) is 5.75 Å². The van der Waals surface area contributed by atoms with Gasteiger partial charge in [-0.1, -0.05) is 42.5 Å². The summed E-state index contributed by atoms with van der Waals surface area (Å²) in [5, 5.41) is 5.62. The van der Waals surface area contributed by atoms with Crippen molar-refractivity contribution in [3.05, 3.63) is 72.3 Å². The van der Waals surface area contributed by atoms with Gasteiger partial charge in [-0.2, -0.15) is 9.41 Å². The number of nitrogens with zero attached hydrogens (tertiary/aromatic N) is 2. The van der Waals surface area contributed by atoms with Crippen molar-refractivity contribution in [2.45, 2.75) is 4.90 Å². The van der Waals surface area contributed by atoms with Crippen molar-refractivity contribution in [3.8, 4) is 5.75 Å². The van der Waals surface area contributed by atoms with Gasteiger partial charge in [0.25, 0.3) is 5.91 Å². The van der Waals surface area contributed by atoms with Gasteiger partial charge < -0.3 is 4.74 Å². The molecule has 0 aliphatic heterocycles. The maximum Gasteiger partial charge on any atom is 0.255 e. The Labute approximate surface area is 169 Å². The summed E-state index contributed by atoms with van der Waals surface area (Å²) in [5.41, 5.74) is 3.07. The van der Waals surface area contributed by atoms with E-state index in [-0.39, 0.29) is 11.4 Å². The number of fused-ring (bicyclic) bond motifs is 1. The minimum absolute atomic E-state index is 0.131. The number of rotatable bonds is 7. The molecule has 0 spiro atoms. The highest BCUT2D eigenvalue weighted by Gasteiger charge is 2.23. The Kier molecular flexibility index (Phi) is 6.26. The van der Waals surface area contributed by atoms with Crippen LogP contribution in [0.1, 0.15) is 5.56 Å². The van der Waals surface area contributed by atoms with Gasteiger partial charge in [0.15, 0.2) is 0 Å². The van der Waals surface area contributed by atoms with Crippen LogP contribution in [0.5, 0.6) is 5.75 Å². The Morgan fingerprint density at radius 3 is 2.59 bits per heavy atom. The highest BCUT2D eigenvalue weighted by Crippen LogP contribution is 2.21. The number of carbonyl (C=O) groups is 1. The molecule has 150 valence electrons. The van der Waals surface area contributed by atoms with Crippen molar-refractivity contribution in [2.75, 3.05) is 20.7 Å². The maximum atomic E-state index is 12.8. The van der Waals surface area contributed by atoms with Crippen LogP contribution in [-0.4, -0.2) is 45.5 Å². The fourth-order valence-corrected chi connectivity index (χ4v) is 3.89. The van der Waals surface area contributed by atoms with Gasteiger partial charge in [-0.25, -0.2) is 13.8 Å². The Morgan fingerprint density at radius 2 is 1.83 bits per heavy atom. The summed E-state index contributed by atoms with van der Waals surface area (Å²) in [5.74, 6) is 0.123. The van der Waals surface area contributed by atoms with Gasteiger partial charge in [-0.05, 0) is 40.6 Å². The van der Waals surface area contributed by atoms with Crippen LogP contribution in [0.15, 0.2) is 76.7 Å². The minimum atomic E-state index is -3.81. The van der Waals surface area contributed by atoms with E-state index in [9.17, 15) is 13.2 Å². The molecule has 0 heterocycles. The van der Waals surface area contributed by atoms with Crippen LogP contribution in [0.3, 0.4) is 0 Å². The monoisotopic (exact) mass is 411 g/mol. The van der Waals surface area contributed by atoms with Crippen molar-refractivity contribution in [2.24, 2.45) is 5.10 Å². The number of hydrazone groups is 1. The molecular weight excluding hydrogens is 390 g/mol. The molecule has 8 heteroatoms. The van der Waals surface area contributed by atoms with Gasteiger partial charge in [-0.3, -0.25) is 4.79 Å². The van der Waals surface area contributed by atoms with Crippen molar-refractivity contribution in [1.29, 1.82) is 0 Å². The lowest BCUT2D eigenvalue weighted by Crippen LogP contribution is -2.36. The average Bonchev–Trinajstić information content (AvgIpc) is 2.73. The normalized spacial score (nSPS) is 11.8. The second-order valence-corrected chi connectivity index (χ2v) is 8.38. The van der Waals surface area contributed by atoms with E-state index in [1.165, 1.54) is 19.3 Å². The third kappa shape index (κ3) is 4.98. The first kappa shape index (κ1) is 20.5. The number of likely N-dealkylation sites (N-methyl/N-ethyl adjacent to an activating group) is 1. The Morgan fingerprint density at radius 1 is 1.07 bits per heavy atom. The number of benzene rings is 3. The van der Waals surface area contributed by atoms with Crippen LogP contribution < -0.4 is 10.2 Å². The number of ether oxygens (including phenoxy) is 1. The highest BCUT2D eigenvalue weighted by atomic mass is 32.2. The van der Waals surface area contributed by atoms with Crippen molar-refractivity contribution in [3.63, 3.8) is 0 Å². The summed E-state index contributed by atoms with van der Waals surface area (Å²) >= 11 is 0.